The fourth-order valence-corrected chi connectivity index (χ4v) is 1.32. The van der Waals surface area contributed by atoms with Crippen LogP contribution in [0.1, 0.15) is 11.1 Å². The second kappa shape index (κ2) is 5.86. The van der Waals surface area contributed by atoms with Crippen LogP contribution in [0.15, 0.2) is 18.2 Å². The fraction of sp³-hybridized carbons (Fsp3) is 0.273. The first-order valence-corrected chi connectivity index (χ1v) is 5.06. The molecule has 1 aromatic rings. The molecule has 0 spiro atoms. The third kappa shape index (κ3) is 3.46. The van der Waals surface area contributed by atoms with Crippen LogP contribution in [0, 0.1) is 5.41 Å². The highest BCUT2D eigenvalue weighted by Gasteiger charge is 2.07. The highest BCUT2D eigenvalue weighted by atomic mass is 16.5. The standard InChI is InChI=1S/C11H16N4O2/c1-17-9-4-7(11(13)14)2-3-8(9)6-15-10(16)5-12/h2-4H,5-6,12H2,1H3,(H3,13,14)(H,15,16). The largest absolute Gasteiger partial charge is 0.496 e. The minimum Gasteiger partial charge on any atom is -0.496 e. The lowest BCUT2D eigenvalue weighted by Crippen LogP contribution is -2.29. The molecular weight excluding hydrogens is 220 g/mol. The molecule has 1 rings (SSSR count). The number of carbonyl (C=O) groups excluding carboxylic acids is 1. The van der Waals surface area contributed by atoms with Crippen molar-refractivity contribution in [2.75, 3.05) is 13.7 Å². The van der Waals surface area contributed by atoms with Gasteiger partial charge < -0.3 is 21.5 Å². The summed E-state index contributed by atoms with van der Waals surface area (Å²) in [7, 11) is 1.52. The maximum Gasteiger partial charge on any atom is 0.234 e. The van der Waals surface area contributed by atoms with Gasteiger partial charge in [0.05, 0.1) is 13.7 Å². The van der Waals surface area contributed by atoms with Crippen LogP contribution in [0.2, 0.25) is 0 Å². The van der Waals surface area contributed by atoms with Crippen LogP contribution in [0.25, 0.3) is 0 Å². The van der Waals surface area contributed by atoms with E-state index in [2.05, 4.69) is 5.32 Å². The van der Waals surface area contributed by atoms with Crippen molar-refractivity contribution in [2.45, 2.75) is 6.54 Å². The summed E-state index contributed by atoms with van der Waals surface area (Å²) in [6.45, 7) is 0.283. The number of amides is 1. The monoisotopic (exact) mass is 236 g/mol. The number of nitrogens with one attached hydrogen (secondary N) is 2. The van der Waals surface area contributed by atoms with Crippen LogP contribution in [0.3, 0.4) is 0 Å². The first kappa shape index (κ1) is 13.0. The second-order valence-corrected chi connectivity index (χ2v) is 3.42. The zero-order valence-electron chi connectivity index (χ0n) is 9.62. The number of amidine groups is 1. The van der Waals surface area contributed by atoms with Crippen LogP contribution in [-0.4, -0.2) is 25.4 Å². The summed E-state index contributed by atoms with van der Waals surface area (Å²) in [6, 6.07) is 5.12. The van der Waals surface area contributed by atoms with Crippen LogP contribution >= 0.6 is 0 Å². The molecule has 0 atom stereocenters. The molecule has 1 aromatic carbocycles. The van der Waals surface area contributed by atoms with Gasteiger partial charge in [0.25, 0.3) is 0 Å². The third-order valence-electron chi connectivity index (χ3n) is 2.26. The molecule has 0 aliphatic rings. The summed E-state index contributed by atoms with van der Waals surface area (Å²) < 4.78 is 5.17. The first-order valence-electron chi connectivity index (χ1n) is 5.06. The Morgan fingerprint density at radius 3 is 2.76 bits per heavy atom. The Hall–Kier alpha value is -2.08. The zero-order chi connectivity index (χ0) is 12.8. The van der Waals surface area contributed by atoms with Gasteiger partial charge >= 0.3 is 0 Å². The molecule has 0 heterocycles. The quantitative estimate of drug-likeness (QED) is 0.409. The molecule has 0 bridgehead atoms. The molecule has 0 saturated heterocycles. The van der Waals surface area contributed by atoms with Crippen LogP contribution in [0.4, 0.5) is 0 Å². The van der Waals surface area contributed by atoms with Crippen molar-refractivity contribution in [2.24, 2.45) is 11.5 Å². The molecule has 92 valence electrons. The number of hydrogen-bond donors (Lipinski definition) is 4. The van der Waals surface area contributed by atoms with Gasteiger partial charge in [-0.3, -0.25) is 10.2 Å². The second-order valence-electron chi connectivity index (χ2n) is 3.42. The summed E-state index contributed by atoms with van der Waals surface area (Å²) in [4.78, 5) is 11.0. The van der Waals surface area contributed by atoms with Crippen molar-refractivity contribution in [3.05, 3.63) is 29.3 Å². The maximum absolute atomic E-state index is 11.0. The molecule has 0 radical (unpaired) electrons. The molecule has 0 saturated carbocycles. The van der Waals surface area contributed by atoms with Gasteiger partial charge in [-0.15, -0.1) is 0 Å². The van der Waals surface area contributed by atoms with Gasteiger partial charge in [-0.2, -0.15) is 0 Å². The molecule has 0 unspecified atom stereocenters. The van der Waals surface area contributed by atoms with Crippen LogP contribution < -0.4 is 21.5 Å². The Balaban J connectivity index is 2.85. The predicted octanol–water partition coefficient (Wildman–Crippen LogP) is -0.446. The van der Waals surface area contributed by atoms with E-state index in [1.165, 1.54) is 7.11 Å². The SMILES string of the molecule is COc1cc(C(=N)N)ccc1CNC(=O)CN. The van der Waals surface area contributed by atoms with E-state index in [0.717, 1.165) is 5.56 Å². The van der Waals surface area contributed by atoms with E-state index in [4.69, 9.17) is 21.6 Å². The number of rotatable bonds is 5. The molecule has 0 aliphatic carbocycles. The average Bonchev–Trinajstić information content (AvgIpc) is 2.35. The molecule has 0 fully saturated rings. The number of hydrogen-bond acceptors (Lipinski definition) is 4. The van der Waals surface area contributed by atoms with Gasteiger partial charge in [0.15, 0.2) is 0 Å². The van der Waals surface area contributed by atoms with Crippen molar-refractivity contribution in [3.63, 3.8) is 0 Å². The molecule has 17 heavy (non-hydrogen) atoms. The lowest BCUT2D eigenvalue weighted by Gasteiger charge is -2.10. The molecule has 1 amide bonds. The lowest BCUT2D eigenvalue weighted by atomic mass is 10.1. The topological polar surface area (TPSA) is 114 Å². The van der Waals surface area contributed by atoms with Gasteiger partial charge in [-0.1, -0.05) is 12.1 Å². The number of methoxy groups -OCH3 is 1. The van der Waals surface area contributed by atoms with Gasteiger partial charge in [-0.25, -0.2) is 0 Å². The van der Waals surface area contributed by atoms with Gasteiger partial charge in [0.2, 0.25) is 5.91 Å². The van der Waals surface area contributed by atoms with Crippen molar-refractivity contribution < 1.29 is 9.53 Å². The third-order valence-corrected chi connectivity index (χ3v) is 2.26. The number of nitrogen functional groups attached to an aromatic ring is 1. The van der Waals surface area contributed by atoms with Crippen molar-refractivity contribution in [3.8, 4) is 5.75 Å². The number of benzene rings is 1. The molecule has 0 aromatic heterocycles. The number of nitrogens with two attached hydrogens (primary N) is 2. The predicted molar refractivity (Wildman–Crippen MR) is 64.9 cm³/mol. The summed E-state index contributed by atoms with van der Waals surface area (Å²) in [5, 5.41) is 9.96. The smallest absolute Gasteiger partial charge is 0.234 e. The van der Waals surface area contributed by atoms with Crippen molar-refractivity contribution in [1.82, 2.24) is 5.32 Å². The average molecular weight is 236 g/mol. The summed E-state index contributed by atoms with van der Waals surface area (Å²) in [5.74, 6) is 0.318. The Kier molecular flexibility index (Phi) is 4.47. The zero-order valence-corrected chi connectivity index (χ0v) is 9.62. The minimum atomic E-state index is -0.234. The van der Waals surface area contributed by atoms with E-state index in [9.17, 15) is 4.79 Å². The van der Waals surface area contributed by atoms with E-state index in [-0.39, 0.29) is 18.3 Å². The molecule has 0 aliphatic heterocycles. The van der Waals surface area contributed by atoms with Crippen LogP contribution in [0.5, 0.6) is 5.75 Å². The number of ether oxygens (including phenoxy) is 1. The highest BCUT2D eigenvalue weighted by Crippen LogP contribution is 2.19. The minimum absolute atomic E-state index is 0.0270. The van der Waals surface area contributed by atoms with E-state index in [0.29, 0.717) is 17.9 Å². The maximum atomic E-state index is 11.0. The molecule has 6 heteroatoms. The van der Waals surface area contributed by atoms with Crippen LogP contribution in [-0.2, 0) is 11.3 Å². The summed E-state index contributed by atoms with van der Waals surface area (Å²) >= 11 is 0. The normalized spacial score (nSPS) is 9.76. The van der Waals surface area contributed by atoms with E-state index < -0.39 is 0 Å². The Morgan fingerprint density at radius 2 is 2.24 bits per heavy atom. The molecule has 6 nitrogen and oxygen atoms in total. The molecular formula is C11H16N4O2. The highest BCUT2D eigenvalue weighted by molar-refractivity contribution is 5.95. The summed E-state index contributed by atoms with van der Waals surface area (Å²) in [5.41, 5.74) is 11.9. The fourth-order valence-electron chi connectivity index (χ4n) is 1.32. The van der Waals surface area contributed by atoms with Crippen molar-refractivity contribution >= 4 is 11.7 Å². The molecule has 6 N–H and O–H groups in total. The van der Waals surface area contributed by atoms with Gasteiger partial charge in [-0.05, 0) is 6.07 Å². The van der Waals surface area contributed by atoms with E-state index in [1.54, 1.807) is 18.2 Å². The lowest BCUT2D eigenvalue weighted by molar-refractivity contribution is -0.119. The number of carbonyl (C=O) groups is 1. The van der Waals surface area contributed by atoms with Gasteiger partial charge in [0.1, 0.15) is 11.6 Å². The summed E-state index contributed by atoms with van der Waals surface area (Å²) in [6.07, 6.45) is 0. The Morgan fingerprint density at radius 1 is 1.53 bits per heavy atom. The Bertz CT molecular complexity index is 431. The first-order chi connectivity index (χ1) is 8.08. The van der Waals surface area contributed by atoms with Gasteiger partial charge in [0, 0.05) is 17.7 Å². The van der Waals surface area contributed by atoms with E-state index in [1.807, 2.05) is 0 Å². The van der Waals surface area contributed by atoms with E-state index >= 15 is 0 Å². The van der Waals surface area contributed by atoms with Crippen molar-refractivity contribution in [1.29, 1.82) is 5.41 Å². The Labute approximate surface area is 99.4 Å².